The van der Waals surface area contributed by atoms with E-state index in [9.17, 15) is 4.79 Å². The van der Waals surface area contributed by atoms with Crippen LogP contribution in [0.3, 0.4) is 0 Å². The van der Waals surface area contributed by atoms with Gasteiger partial charge in [-0.05, 0) is 25.8 Å². The molecule has 0 spiro atoms. The lowest BCUT2D eigenvalue weighted by Gasteiger charge is -2.08. The average Bonchev–Trinajstić information content (AvgIpc) is 2.94. The molecular weight excluding hydrogens is 260 g/mol. The SMILES string of the molecule is CCCCCCCCCC(=O)Cc1ccn(C(C)CC)n1. The van der Waals surface area contributed by atoms with Crippen LogP contribution in [0.25, 0.3) is 0 Å². The van der Waals surface area contributed by atoms with Crippen LogP contribution in [-0.2, 0) is 11.2 Å². The summed E-state index contributed by atoms with van der Waals surface area (Å²) in [6, 6.07) is 2.39. The molecular formula is C18H32N2O. The van der Waals surface area contributed by atoms with Gasteiger partial charge in [-0.3, -0.25) is 9.48 Å². The molecule has 3 nitrogen and oxygen atoms in total. The first-order valence-electron chi connectivity index (χ1n) is 8.73. The van der Waals surface area contributed by atoms with E-state index in [1.54, 1.807) is 0 Å². The molecule has 120 valence electrons. The van der Waals surface area contributed by atoms with Gasteiger partial charge in [-0.2, -0.15) is 5.10 Å². The lowest BCUT2D eigenvalue weighted by molar-refractivity contribution is -0.118. The van der Waals surface area contributed by atoms with Gasteiger partial charge in [-0.25, -0.2) is 0 Å². The molecule has 1 atom stereocenters. The second-order valence-corrected chi connectivity index (χ2v) is 6.13. The van der Waals surface area contributed by atoms with E-state index in [2.05, 4.69) is 25.9 Å². The Morgan fingerprint density at radius 1 is 1.14 bits per heavy atom. The molecule has 0 amide bonds. The molecule has 0 aromatic carbocycles. The summed E-state index contributed by atoms with van der Waals surface area (Å²) >= 11 is 0. The Labute approximate surface area is 130 Å². The smallest absolute Gasteiger partial charge is 0.138 e. The minimum Gasteiger partial charge on any atom is -0.299 e. The number of hydrogen-bond acceptors (Lipinski definition) is 2. The highest BCUT2D eigenvalue weighted by atomic mass is 16.1. The van der Waals surface area contributed by atoms with Gasteiger partial charge in [-0.15, -0.1) is 0 Å². The number of carbonyl (C=O) groups is 1. The van der Waals surface area contributed by atoms with Crippen molar-refractivity contribution < 1.29 is 4.79 Å². The average molecular weight is 292 g/mol. The van der Waals surface area contributed by atoms with Crippen molar-refractivity contribution in [3.63, 3.8) is 0 Å². The second kappa shape index (κ2) is 10.6. The Bertz CT molecular complexity index is 398. The third kappa shape index (κ3) is 7.45. The molecule has 0 fully saturated rings. The molecule has 1 aromatic heterocycles. The van der Waals surface area contributed by atoms with Gasteiger partial charge >= 0.3 is 0 Å². The number of carbonyl (C=O) groups excluding carboxylic acids is 1. The molecule has 0 aliphatic rings. The van der Waals surface area contributed by atoms with E-state index in [0.717, 1.165) is 18.5 Å². The Morgan fingerprint density at radius 2 is 1.81 bits per heavy atom. The zero-order valence-electron chi connectivity index (χ0n) is 14.1. The maximum atomic E-state index is 11.9. The van der Waals surface area contributed by atoms with E-state index in [0.29, 0.717) is 24.7 Å². The van der Waals surface area contributed by atoms with E-state index in [1.165, 1.54) is 38.5 Å². The predicted octanol–water partition coefficient (Wildman–Crippen LogP) is 5.11. The van der Waals surface area contributed by atoms with E-state index in [4.69, 9.17) is 0 Å². The highest BCUT2D eigenvalue weighted by Gasteiger charge is 2.08. The fourth-order valence-corrected chi connectivity index (χ4v) is 2.47. The number of nitrogens with zero attached hydrogens (tertiary/aromatic N) is 2. The van der Waals surface area contributed by atoms with E-state index in [-0.39, 0.29) is 0 Å². The van der Waals surface area contributed by atoms with Gasteiger partial charge in [-0.1, -0.05) is 52.4 Å². The largest absolute Gasteiger partial charge is 0.299 e. The fourth-order valence-electron chi connectivity index (χ4n) is 2.47. The van der Waals surface area contributed by atoms with E-state index in [1.807, 2.05) is 16.9 Å². The van der Waals surface area contributed by atoms with Crippen molar-refractivity contribution in [3.05, 3.63) is 18.0 Å². The lowest BCUT2D eigenvalue weighted by atomic mass is 10.1. The Balaban J connectivity index is 2.14. The van der Waals surface area contributed by atoms with Crippen LogP contribution < -0.4 is 0 Å². The summed E-state index contributed by atoms with van der Waals surface area (Å²) in [4.78, 5) is 11.9. The van der Waals surface area contributed by atoms with Crippen LogP contribution >= 0.6 is 0 Å². The van der Waals surface area contributed by atoms with Gasteiger partial charge in [0.2, 0.25) is 0 Å². The number of unbranched alkanes of at least 4 members (excludes halogenated alkanes) is 6. The molecule has 0 saturated carbocycles. The van der Waals surface area contributed by atoms with Crippen LogP contribution in [0.2, 0.25) is 0 Å². The molecule has 1 aromatic rings. The summed E-state index contributed by atoms with van der Waals surface area (Å²) in [5.41, 5.74) is 0.920. The summed E-state index contributed by atoms with van der Waals surface area (Å²) in [7, 11) is 0. The third-order valence-corrected chi connectivity index (χ3v) is 4.14. The van der Waals surface area contributed by atoms with Crippen molar-refractivity contribution in [3.8, 4) is 0 Å². The number of Topliss-reactive ketones (excluding diaryl/α,β-unsaturated/α-hetero) is 1. The van der Waals surface area contributed by atoms with Gasteiger partial charge < -0.3 is 0 Å². The molecule has 3 heteroatoms. The van der Waals surface area contributed by atoms with Gasteiger partial charge in [0.1, 0.15) is 5.78 Å². The molecule has 1 rings (SSSR count). The standard InChI is InChI=1S/C18H32N2O/c1-4-6-7-8-9-10-11-12-18(21)15-17-13-14-20(19-17)16(3)5-2/h13-14,16H,4-12,15H2,1-3H3. The quantitative estimate of drug-likeness (QED) is 0.502. The van der Waals surface area contributed by atoms with Crippen molar-refractivity contribution in [2.24, 2.45) is 0 Å². The van der Waals surface area contributed by atoms with Gasteiger partial charge in [0.05, 0.1) is 12.1 Å². The highest BCUT2D eigenvalue weighted by Crippen LogP contribution is 2.12. The summed E-state index contributed by atoms with van der Waals surface area (Å²) in [6.07, 6.45) is 13.1. The first kappa shape index (κ1) is 17.9. The molecule has 0 saturated heterocycles. The minimum atomic E-state index is 0.331. The zero-order chi connectivity index (χ0) is 15.5. The Hall–Kier alpha value is -1.12. The Kier molecular flexibility index (Phi) is 9.04. The van der Waals surface area contributed by atoms with Crippen LogP contribution in [-0.4, -0.2) is 15.6 Å². The van der Waals surface area contributed by atoms with Crippen molar-refractivity contribution in [1.82, 2.24) is 9.78 Å². The molecule has 0 bridgehead atoms. The van der Waals surface area contributed by atoms with E-state index < -0.39 is 0 Å². The summed E-state index contributed by atoms with van der Waals surface area (Å²) < 4.78 is 1.97. The van der Waals surface area contributed by atoms with Crippen molar-refractivity contribution in [1.29, 1.82) is 0 Å². The number of aromatic nitrogens is 2. The molecule has 1 heterocycles. The summed E-state index contributed by atoms with van der Waals surface area (Å²) in [5, 5.41) is 4.49. The normalized spacial score (nSPS) is 12.5. The van der Waals surface area contributed by atoms with Crippen molar-refractivity contribution in [2.45, 2.75) is 91.0 Å². The lowest BCUT2D eigenvalue weighted by Crippen LogP contribution is -2.07. The predicted molar refractivity (Wildman–Crippen MR) is 88.6 cm³/mol. The van der Waals surface area contributed by atoms with E-state index >= 15 is 0 Å². The fraction of sp³-hybridized carbons (Fsp3) is 0.778. The molecule has 0 aliphatic heterocycles. The molecule has 0 N–H and O–H groups in total. The number of hydrogen-bond donors (Lipinski definition) is 0. The molecule has 21 heavy (non-hydrogen) atoms. The minimum absolute atomic E-state index is 0.331. The third-order valence-electron chi connectivity index (χ3n) is 4.14. The van der Waals surface area contributed by atoms with Crippen LogP contribution in [0.4, 0.5) is 0 Å². The molecule has 0 aliphatic carbocycles. The maximum Gasteiger partial charge on any atom is 0.138 e. The zero-order valence-corrected chi connectivity index (χ0v) is 14.1. The van der Waals surface area contributed by atoms with Gasteiger partial charge in [0, 0.05) is 18.7 Å². The number of rotatable bonds is 12. The summed E-state index contributed by atoms with van der Waals surface area (Å²) in [6.45, 7) is 6.54. The van der Waals surface area contributed by atoms with Crippen LogP contribution in [0.5, 0.6) is 0 Å². The Morgan fingerprint density at radius 3 is 2.48 bits per heavy atom. The molecule has 1 unspecified atom stereocenters. The first-order valence-corrected chi connectivity index (χ1v) is 8.73. The van der Waals surface area contributed by atoms with Crippen LogP contribution in [0, 0.1) is 0 Å². The van der Waals surface area contributed by atoms with Crippen LogP contribution in [0.15, 0.2) is 12.3 Å². The van der Waals surface area contributed by atoms with Gasteiger partial charge in [0.15, 0.2) is 0 Å². The highest BCUT2D eigenvalue weighted by molar-refractivity contribution is 5.80. The summed E-state index contributed by atoms with van der Waals surface area (Å²) in [5.74, 6) is 0.331. The second-order valence-electron chi connectivity index (χ2n) is 6.13. The van der Waals surface area contributed by atoms with Crippen molar-refractivity contribution >= 4 is 5.78 Å². The van der Waals surface area contributed by atoms with Crippen molar-refractivity contribution in [2.75, 3.05) is 0 Å². The van der Waals surface area contributed by atoms with Crippen LogP contribution in [0.1, 0.15) is 90.3 Å². The molecule has 0 radical (unpaired) electrons. The maximum absolute atomic E-state index is 11.9. The number of ketones is 1. The monoisotopic (exact) mass is 292 g/mol. The van der Waals surface area contributed by atoms with Gasteiger partial charge in [0.25, 0.3) is 0 Å². The topological polar surface area (TPSA) is 34.9 Å². The first-order chi connectivity index (χ1) is 10.2.